The monoisotopic (exact) mass is 376 g/mol. The minimum atomic E-state index is 0.494. The molecular formula is C21H40N6+2. The Balaban J connectivity index is 1.43. The first-order valence-corrected chi connectivity index (χ1v) is 11.8. The Morgan fingerprint density at radius 1 is 0.963 bits per heavy atom. The molecule has 0 bridgehead atoms. The Hall–Kier alpha value is -1.01. The third-order valence-electron chi connectivity index (χ3n) is 7.56. The van der Waals surface area contributed by atoms with Gasteiger partial charge in [0, 0.05) is 6.42 Å². The van der Waals surface area contributed by atoms with E-state index in [1.165, 1.54) is 109 Å². The third-order valence-corrected chi connectivity index (χ3v) is 7.56. The topological polar surface area (TPSA) is 52.5 Å². The van der Waals surface area contributed by atoms with Crippen LogP contribution in [0.3, 0.4) is 0 Å². The maximum absolute atomic E-state index is 4.57. The summed E-state index contributed by atoms with van der Waals surface area (Å²) >= 11 is 0. The highest BCUT2D eigenvalue weighted by Gasteiger charge is 2.37. The van der Waals surface area contributed by atoms with Gasteiger partial charge in [-0.2, -0.15) is 0 Å². The number of unbranched alkanes of at least 4 members (excludes halogenated alkanes) is 1. The van der Waals surface area contributed by atoms with Gasteiger partial charge in [0.25, 0.3) is 0 Å². The summed E-state index contributed by atoms with van der Waals surface area (Å²) in [6.45, 7) is 7.56. The summed E-state index contributed by atoms with van der Waals surface area (Å²) in [5.74, 6) is 1.19. The van der Waals surface area contributed by atoms with E-state index >= 15 is 0 Å². The van der Waals surface area contributed by atoms with Gasteiger partial charge in [-0.15, -0.1) is 5.10 Å². The molecule has 1 aromatic rings. The minimum absolute atomic E-state index is 0.494. The molecule has 0 amide bonds. The molecule has 6 nitrogen and oxygen atoms in total. The predicted molar refractivity (Wildman–Crippen MR) is 106 cm³/mol. The highest BCUT2D eigenvalue weighted by atomic mass is 15.6. The molecule has 2 aliphatic carbocycles. The molecule has 0 aromatic carbocycles. The first-order valence-electron chi connectivity index (χ1n) is 11.8. The van der Waals surface area contributed by atoms with Crippen LogP contribution in [0.2, 0.25) is 0 Å². The Morgan fingerprint density at radius 2 is 1.67 bits per heavy atom. The predicted octanol–water partition coefficient (Wildman–Crippen LogP) is 1.14. The molecule has 1 aromatic heterocycles. The van der Waals surface area contributed by atoms with Gasteiger partial charge in [-0.3, -0.25) is 0 Å². The first kappa shape index (κ1) is 19.3. The van der Waals surface area contributed by atoms with Crippen LogP contribution in [0.1, 0.15) is 102 Å². The lowest BCUT2D eigenvalue weighted by molar-refractivity contribution is -1.04. The molecule has 2 N–H and O–H groups in total. The summed E-state index contributed by atoms with van der Waals surface area (Å²) in [5.41, 5.74) is 0. The number of piperazine rings is 1. The smallest absolute Gasteiger partial charge is 0.209 e. The van der Waals surface area contributed by atoms with E-state index in [-0.39, 0.29) is 0 Å². The van der Waals surface area contributed by atoms with Crippen molar-refractivity contribution in [1.82, 2.24) is 20.2 Å². The van der Waals surface area contributed by atoms with Gasteiger partial charge in [0.2, 0.25) is 5.82 Å². The van der Waals surface area contributed by atoms with Crippen molar-refractivity contribution in [2.45, 2.75) is 102 Å². The zero-order valence-corrected chi connectivity index (χ0v) is 17.3. The van der Waals surface area contributed by atoms with Crippen molar-refractivity contribution in [2.75, 3.05) is 26.2 Å². The normalized spacial score (nSPS) is 29.2. The molecule has 0 radical (unpaired) electrons. The van der Waals surface area contributed by atoms with E-state index in [9.17, 15) is 0 Å². The molecule has 1 atom stereocenters. The number of hydrogen-bond donors (Lipinski definition) is 2. The number of hydrogen-bond acceptors (Lipinski definition) is 3. The average molecular weight is 377 g/mol. The maximum atomic E-state index is 4.57. The van der Waals surface area contributed by atoms with Crippen molar-refractivity contribution in [3.8, 4) is 0 Å². The van der Waals surface area contributed by atoms with Crippen LogP contribution < -0.4 is 9.80 Å². The number of quaternary nitrogens is 2. The third kappa shape index (κ3) is 4.53. The SMILES string of the molecule is CCCC[C@@H](c1nnnn1C1CCCC1)[NH+]1CC[NH+](C2CCCCC2)CC1. The standard InChI is InChI=1S/C21H38N6/c1-2-3-13-20(21-22-23-24-27(21)19-11-7-8-12-19)26-16-14-25(15-17-26)18-9-5-4-6-10-18/h18-20H,2-17H2,1H3/p+2/t20-/m0/s1. The fourth-order valence-electron chi connectivity index (χ4n) is 5.92. The molecule has 3 aliphatic rings. The quantitative estimate of drug-likeness (QED) is 0.750. The Labute approximate surface area is 164 Å². The van der Waals surface area contributed by atoms with Gasteiger partial charge in [0.1, 0.15) is 32.2 Å². The molecule has 2 heterocycles. The molecule has 6 heteroatoms. The Morgan fingerprint density at radius 3 is 2.37 bits per heavy atom. The Kier molecular flexibility index (Phi) is 6.77. The molecular weight excluding hydrogens is 336 g/mol. The van der Waals surface area contributed by atoms with Crippen LogP contribution in [0, 0.1) is 0 Å². The number of nitrogens with zero attached hydrogens (tertiary/aromatic N) is 4. The van der Waals surface area contributed by atoms with Crippen LogP contribution in [0.5, 0.6) is 0 Å². The van der Waals surface area contributed by atoms with Gasteiger partial charge in [-0.1, -0.05) is 32.6 Å². The van der Waals surface area contributed by atoms with Crippen LogP contribution in [0.25, 0.3) is 0 Å². The largest absolute Gasteiger partial charge is 0.323 e. The second-order valence-corrected chi connectivity index (χ2v) is 9.27. The van der Waals surface area contributed by atoms with Gasteiger partial charge in [0.05, 0.1) is 12.1 Å². The van der Waals surface area contributed by atoms with E-state index in [1.54, 1.807) is 4.90 Å². The summed E-state index contributed by atoms with van der Waals surface area (Å²) in [5, 5.41) is 13.1. The van der Waals surface area contributed by atoms with Crippen molar-refractivity contribution in [1.29, 1.82) is 0 Å². The van der Waals surface area contributed by atoms with Crippen molar-refractivity contribution in [3.63, 3.8) is 0 Å². The van der Waals surface area contributed by atoms with E-state index < -0.39 is 0 Å². The lowest BCUT2D eigenvalue weighted by Crippen LogP contribution is -3.29. The van der Waals surface area contributed by atoms with Crippen LogP contribution >= 0.6 is 0 Å². The molecule has 0 unspecified atom stereocenters. The summed E-state index contributed by atoms with van der Waals surface area (Å²) in [6.07, 6.45) is 16.3. The van der Waals surface area contributed by atoms with Gasteiger partial charge in [0.15, 0.2) is 0 Å². The number of nitrogens with one attached hydrogen (secondary N) is 2. The lowest BCUT2D eigenvalue weighted by Gasteiger charge is -2.38. The van der Waals surface area contributed by atoms with E-state index in [0.29, 0.717) is 12.1 Å². The molecule has 4 rings (SSSR count). The number of tetrazole rings is 1. The number of rotatable bonds is 7. The fourth-order valence-corrected chi connectivity index (χ4v) is 5.92. The highest BCUT2D eigenvalue weighted by Crippen LogP contribution is 2.30. The zero-order valence-electron chi connectivity index (χ0n) is 17.3. The van der Waals surface area contributed by atoms with E-state index in [2.05, 4.69) is 27.1 Å². The summed E-state index contributed by atoms with van der Waals surface area (Å²) in [7, 11) is 0. The van der Waals surface area contributed by atoms with Crippen molar-refractivity contribution in [2.24, 2.45) is 0 Å². The lowest BCUT2D eigenvalue weighted by atomic mass is 9.93. The fraction of sp³-hybridized carbons (Fsp3) is 0.952. The maximum Gasteiger partial charge on any atom is 0.209 e. The van der Waals surface area contributed by atoms with E-state index in [0.717, 1.165) is 6.04 Å². The van der Waals surface area contributed by atoms with Gasteiger partial charge in [-0.05, 0) is 55.4 Å². The average Bonchev–Trinajstić information content (AvgIpc) is 3.41. The molecule has 2 saturated carbocycles. The van der Waals surface area contributed by atoms with Crippen molar-refractivity contribution in [3.05, 3.63) is 5.82 Å². The van der Waals surface area contributed by atoms with Crippen LogP contribution in [0.4, 0.5) is 0 Å². The highest BCUT2D eigenvalue weighted by molar-refractivity contribution is 4.91. The van der Waals surface area contributed by atoms with Crippen LogP contribution in [-0.2, 0) is 0 Å². The van der Waals surface area contributed by atoms with Gasteiger partial charge in [-0.25, -0.2) is 4.68 Å². The van der Waals surface area contributed by atoms with Gasteiger partial charge < -0.3 is 9.80 Å². The van der Waals surface area contributed by atoms with Gasteiger partial charge >= 0.3 is 0 Å². The van der Waals surface area contributed by atoms with Crippen molar-refractivity contribution >= 4 is 0 Å². The molecule has 3 fully saturated rings. The number of aromatic nitrogens is 4. The second kappa shape index (κ2) is 9.46. The Bertz CT molecular complexity index is 553. The van der Waals surface area contributed by atoms with Crippen molar-refractivity contribution < 1.29 is 9.80 Å². The minimum Gasteiger partial charge on any atom is -0.323 e. The second-order valence-electron chi connectivity index (χ2n) is 9.27. The molecule has 152 valence electrons. The summed E-state index contributed by atoms with van der Waals surface area (Å²) in [6, 6.07) is 1.99. The molecule has 0 spiro atoms. The summed E-state index contributed by atoms with van der Waals surface area (Å²) in [4.78, 5) is 3.64. The zero-order chi connectivity index (χ0) is 18.5. The van der Waals surface area contributed by atoms with Crippen LogP contribution in [-0.4, -0.2) is 52.4 Å². The van der Waals surface area contributed by atoms with Crippen LogP contribution in [0.15, 0.2) is 0 Å². The molecule has 1 aliphatic heterocycles. The summed E-state index contributed by atoms with van der Waals surface area (Å²) < 4.78 is 2.22. The van der Waals surface area contributed by atoms with E-state index in [4.69, 9.17) is 0 Å². The molecule has 1 saturated heterocycles. The molecule has 27 heavy (non-hydrogen) atoms. The first-order chi connectivity index (χ1) is 13.4. The van der Waals surface area contributed by atoms with E-state index in [1.807, 2.05) is 4.90 Å².